The van der Waals surface area contributed by atoms with Gasteiger partial charge in [-0.15, -0.1) is 0 Å². The molecule has 1 fully saturated rings. The third-order valence-electron chi connectivity index (χ3n) is 9.19. The highest BCUT2D eigenvalue weighted by Crippen LogP contribution is 2.41. The average molecular weight is 657 g/mol. The normalized spacial score (nSPS) is 16.4. The Hall–Kier alpha value is -4.57. The van der Waals surface area contributed by atoms with E-state index in [-0.39, 0.29) is 17.9 Å². The molecule has 10 heteroatoms. The molecule has 3 aromatic carbocycles. The lowest BCUT2D eigenvalue weighted by Crippen LogP contribution is -2.47. The second-order valence-electron chi connectivity index (χ2n) is 13.5. The van der Waals surface area contributed by atoms with E-state index in [1.807, 2.05) is 51.1 Å². The van der Waals surface area contributed by atoms with Gasteiger partial charge in [0, 0.05) is 45.8 Å². The van der Waals surface area contributed by atoms with Crippen LogP contribution in [0.2, 0.25) is 0 Å². The van der Waals surface area contributed by atoms with E-state index in [1.165, 1.54) is 15.4 Å². The summed E-state index contributed by atoms with van der Waals surface area (Å²) in [5.74, 6) is 0.417. The van der Waals surface area contributed by atoms with Crippen molar-refractivity contribution in [1.82, 2.24) is 14.7 Å². The van der Waals surface area contributed by atoms with E-state index < -0.39 is 17.7 Å². The Morgan fingerprint density at radius 2 is 1.54 bits per heavy atom. The van der Waals surface area contributed by atoms with Crippen LogP contribution in [-0.4, -0.2) is 92.2 Å². The van der Waals surface area contributed by atoms with Gasteiger partial charge in [-0.25, -0.2) is 4.79 Å². The van der Waals surface area contributed by atoms with Crippen LogP contribution < -0.4 is 14.4 Å². The summed E-state index contributed by atoms with van der Waals surface area (Å²) >= 11 is 0. The first-order valence-electron chi connectivity index (χ1n) is 16.6. The number of benzene rings is 3. The second-order valence-corrected chi connectivity index (χ2v) is 13.5. The van der Waals surface area contributed by atoms with Gasteiger partial charge in [0.05, 0.1) is 37.1 Å². The molecular formula is C38H48N4O6. The highest BCUT2D eigenvalue weighted by molar-refractivity contribution is 6.24. The molecule has 2 aliphatic rings. The summed E-state index contributed by atoms with van der Waals surface area (Å²) < 4.78 is 16.6. The van der Waals surface area contributed by atoms with Gasteiger partial charge in [0.1, 0.15) is 5.60 Å². The molecule has 3 amide bonds. The SMILES string of the molecule is COc1ccc([C@@H](CCCN(C)C(=O)OC(C)(C)C)N2C(=O)c3cccc(N4CCN([C@H](C)c5ccccc5)CC4)c3C2=O)cc1OC. The van der Waals surface area contributed by atoms with Crippen LogP contribution in [0.1, 0.15) is 84.5 Å². The Labute approximate surface area is 284 Å². The molecule has 0 saturated carbocycles. The Bertz CT molecular complexity index is 1610. The summed E-state index contributed by atoms with van der Waals surface area (Å²) in [7, 11) is 4.81. The number of anilines is 1. The monoisotopic (exact) mass is 656 g/mol. The van der Waals surface area contributed by atoms with Crippen molar-refractivity contribution in [3.63, 3.8) is 0 Å². The summed E-state index contributed by atoms with van der Waals surface area (Å²) in [6.45, 7) is 11.3. The quantitative estimate of drug-likeness (QED) is 0.214. The molecule has 2 aliphatic heterocycles. The van der Waals surface area contributed by atoms with Gasteiger partial charge in [-0.1, -0.05) is 42.5 Å². The van der Waals surface area contributed by atoms with E-state index in [0.29, 0.717) is 42.0 Å². The molecule has 0 unspecified atom stereocenters. The first-order chi connectivity index (χ1) is 22.9. The predicted molar refractivity (Wildman–Crippen MR) is 186 cm³/mol. The zero-order valence-corrected chi connectivity index (χ0v) is 29.2. The number of carbonyl (C=O) groups is 3. The molecule has 0 radical (unpaired) electrons. The van der Waals surface area contributed by atoms with Crippen LogP contribution in [0, 0.1) is 0 Å². The van der Waals surface area contributed by atoms with Crippen molar-refractivity contribution >= 4 is 23.6 Å². The molecule has 0 aliphatic carbocycles. The number of ether oxygens (including phenoxy) is 3. The van der Waals surface area contributed by atoms with Crippen LogP contribution in [-0.2, 0) is 4.74 Å². The van der Waals surface area contributed by atoms with Crippen molar-refractivity contribution in [2.45, 2.75) is 58.2 Å². The molecule has 0 N–H and O–H groups in total. The first kappa shape index (κ1) is 34.8. The van der Waals surface area contributed by atoms with Crippen molar-refractivity contribution in [1.29, 1.82) is 0 Å². The minimum absolute atomic E-state index is 0.283. The Morgan fingerprint density at radius 3 is 2.19 bits per heavy atom. The minimum atomic E-state index is -0.613. The first-order valence-corrected chi connectivity index (χ1v) is 16.6. The van der Waals surface area contributed by atoms with Crippen molar-refractivity contribution in [2.24, 2.45) is 0 Å². The lowest BCUT2D eigenvalue weighted by molar-refractivity contribution is 0.0288. The maximum Gasteiger partial charge on any atom is 0.410 e. The van der Waals surface area contributed by atoms with E-state index in [9.17, 15) is 14.4 Å². The largest absolute Gasteiger partial charge is 0.493 e. The molecule has 2 heterocycles. The zero-order chi connectivity index (χ0) is 34.6. The van der Waals surface area contributed by atoms with Crippen LogP contribution in [0.3, 0.4) is 0 Å². The molecule has 0 aromatic heterocycles. The Kier molecular flexibility index (Phi) is 10.6. The number of rotatable bonds is 11. The van der Waals surface area contributed by atoms with Gasteiger partial charge in [-0.05, 0) is 75.9 Å². The van der Waals surface area contributed by atoms with E-state index in [4.69, 9.17) is 14.2 Å². The zero-order valence-electron chi connectivity index (χ0n) is 29.2. The van der Waals surface area contributed by atoms with Gasteiger partial charge >= 0.3 is 6.09 Å². The molecule has 48 heavy (non-hydrogen) atoms. The van der Waals surface area contributed by atoms with Crippen LogP contribution in [0.4, 0.5) is 10.5 Å². The van der Waals surface area contributed by atoms with Crippen LogP contribution in [0.15, 0.2) is 66.7 Å². The molecule has 1 saturated heterocycles. The topological polar surface area (TPSA) is 91.9 Å². The Morgan fingerprint density at radius 1 is 0.854 bits per heavy atom. The molecule has 0 bridgehead atoms. The summed E-state index contributed by atoms with van der Waals surface area (Å²) in [5.41, 5.74) is 3.06. The highest BCUT2D eigenvalue weighted by Gasteiger charge is 2.43. The maximum absolute atomic E-state index is 14.4. The number of methoxy groups -OCH3 is 2. The molecule has 256 valence electrons. The van der Waals surface area contributed by atoms with Crippen molar-refractivity contribution in [3.8, 4) is 11.5 Å². The summed E-state index contributed by atoms with van der Waals surface area (Å²) in [4.78, 5) is 48.8. The summed E-state index contributed by atoms with van der Waals surface area (Å²) in [6, 6.07) is 21.2. The Balaban J connectivity index is 1.38. The summed E-state index contributed by atoms with van der Waals surface area (Å²) in [5, 5.41) is 0. The second kappa shape index (κ2) is 14.7. The smallest absolute Gasteiger partial charge is 0.410 e. The predicted octanol–water partition coefficient (Wildman–Crippen LogP) is 6.57. The van der Waals surface area contributed by atoms with Crippen molar-refractivity contribution in [3.05, 3.63) is 89.0 Å². The molecule has 3 aromatic rings. The number of nitrogens with zero attached hydrogens (tertiary/aromatic N) is 4. The van der Waals surface area contributed by atoms with Gasteiger partial charge in [-0.2, -0.15) is 0 Å². The van der Waals surface area contributed by atoms with Gasteiger partial charge in [0.25, 0.3) is 11.8 Å². The van der Waals surface area contributed by atoms with Gasteiger partial charge in [0.15, 0.2) is 11.5 Å². The molecule has 2 atom stereocenters. The maximum atomic E-state index is 14.4. The number of amides is 3. The van der Waals surface area contributed by atoms with Gasteiger partial charge < -0.3 is 24.0 Å². The number of imide groups is 1. The average Bonchev–Trinajstić information content (AvgIpc) is 3.34. The van der Waals surface area contributed by atoms with Crippen LogP contribution in [0.25, 0.3) is 0 Å². The number of hydrogen-bond donors (Lipinski definition) is 0. The lowest BCUT2D eigenvalue weighted by Gasteiger charge is -2.39. The number of carbonyl (C=O) groups excluding carboxylic acids is 3. The number of hydrogen-bond acceptors (Lipinski definition) is 8. The molecular weight excluding hydrogens is 608 g/mol. The highest BCUT2D eigenvalue weighted by atomic mass is 16.6. The van der Waals surface area contributed by atoms with Crippen LogP contribution >= 0.6 is 0 Å². The molecule has 10 nitrogen and oxygen atoms in total. The van der Waals surface area contributed by atoms with Crippen molar-refractivity contribution in [2.75, 3.05) is 58.9 Å². The third kappa shape index (κ3) is 7.44. The van der Waals surface area contributed by atoms with E-state index in [2.05, 4.69) is 41.0 Å². The fourth-order valence-electron chi connectivity index (χ4n) is 6.58. The third-order valence-corrected chi connectivity index (χ3v) is 9.19. The van der Waals surface area contributed by atoms with Crippen molar-refractivity contribution < 1.29 is 28.6 Å². The number of fused-ring (bicyclic) bond motifs is 1. The standard InChI is InChI=1S/C38H48N4O6/c1-26(27-13-9-8-10-14-27)40-21-23-41(24-22-40)31-16-11-15-29-34(31)36(44)42(35(29)43)30(28-18-19-32(46-6)33(25-28)47-7)17-12-20-39(5)37(45)48-38(2,3)4/h8-11,13-16,18-19,25-26,30H,12,17,20-24H2,1-7H3/t26-,30-/m1/s1. The fraction of sp³-hybridized carbons (Fsp3) is 0.447. The van der Waals surface area contributed by atoms with Crippen LogP contribution in [0.5, 0.6) is 11.5 Å². The van der Waals surface area contributed by atoms with Gasteiger partial charge in [0.2, 0.25) is 0 Å². The van der Waals surface area contributed by atoms with E-state index in [0.717, 1.165) is 37.4 Å². The summed E-state index contributed by atoms with van der Waals surface area (Å²) in [6.07, 6.45) is 0.532. The van der Waals surface area contributed by atoms with E-state index >= 15 is 0 Å². The lowest BCUT2D eigenvalue weighted by atomic mass is 9.99. The minimum Gasteiger partial charge on any atom is -0.493 e. The van der Waals surface area contributed by atoms with Gasteiger partial charge in [-0.3, -0.25) is 19.4 Å². The molecule has 5 rings (SSSR count). The number of piperazine rings is 1. The van der Waals surface area contributed by atoms with E-state index in [1.54, 1.807) is 33.4 Å². The fourth-order valence-corrected chi connectivity index (χ4v) is 6.58. The molecule has 0 spiro atoms.